The minimum Gasteiger partial charge on any atom is -0.492 e. The second-order valence-corrected chi connectivity index (χ2v) is 6.42. The molecule has 2 amide bonds. The van der Waals surface area contributed by atoms with Gasteiger partial charge in [0, 0.05) is 17.8 Å². The summed E-state index contributed by atoms with van der Waals surface area (Å²) >= 11 is 0. The molecule has 0 aliphatic heterocycles. The maximum atomic E-state index is 12.3. The van der Waals surface area contributed by atoms with Crippen molar-refractivity contribution >= 4 is 28.9 Å². The number of hydrogen-bond donors (Lipinski definition) is 3. The van der Waals surface area contributed by atoms with E-state index in [1.807, 2.05) is 37.3 Å². The molecule has 6 nitrogen and oxygen atoms in total. The van der Waals surface area contributed by atoms with Crippen molar-refractivity contribution in [2.45, 2.75) is 39.5 Å². The molecule has 0 saturated carbocycles. The zero-order chi connectivity index (χ0) is 20.2. The fourth-order valence-corrected chi connectivity index (χ4v) is 2.71. The van der Waals surface area contributed by atoms with Gasteiger partial charge >= 0.3 is 0 Å². The summed E-state index contributed by atoms with van der Waals surface area (Å²) < 4.78 is 5.54. The fraction of sp³-hybridized carbons (Fsp3) is 0.364. The molecule has 0 unspecified atom stereocenters. The van der Waals surface area contributed by atoms with Crippen molar-refractivity contribution in [3.8, 4) is 5.75 Å². The molecule has 0 heterocycles. The predicted octanol–water partition coefficient (Wildman–Crippen LogP) is 4.65. The third-order valence-electron chi connectivity index (χ3n) is 4.06. The van der Waals surface area contributed by atoms with Crippen LogP contribution in [-0.2, 0) is 9.59 Å². The highest BCUT2D eigenvalue weighted by molar-refractivity contribution is 5.95. The lowest BCUT2D eigenvalue weighted by atomic mass is 10.2. The predicted molar refractivity (Wildman–Crippen MR) is 114 cm³/mol. The van der Waals surface area contributed by atoms with Crippen LogP contribution in [0.1, 0.15) is 39.5 Å². The molecule has 28 heavy (non-hydrogen) atoms. The number of amides is 2. The highest BCUT2D eigenvalue weighted by atomic mass is 16.5. The molecule has 2 aromatic rings. The molecule has 0 fully saturated rings. The molecule has 6 heteroatoms. The molecule has 0 aromatic heterocycles. The molecule has 3 N–H and O–H groups in total. The first-order valence-electron chi connectivity index (χ1n) is 9.77. The van der Waals surface area contributed by atoms with Crippen LogP contribution in [0.15, 0.2) is 48.5 Å². The van der Waals surface area contributed by atoms with Crippen molar-refractivity contribution in [3.63, 3.8) is 0 Å². The molecule has 0 bridgehead atoms. The summed E-state index contributed by atoms with van der Waals surface area (Å²) in [6.07, 6.45) is 3.52. The van der Waals surface area contributed by atoms with E-state index in [0.29, 0.717) is 30.2 Å². The van der Waals surface area contributed by atoms with Gasteiger partial charge in [-0.3, -0.25) is 9.59 Å². The highest BCUT2D eigenvalue weighted by Crippen LogP contribution is 2.23. The Balaban J connectivity index is 1.86. The molecule has 2 rings (SSSR count). The van der Waals surface area contributed by atoms with Crippen molar-refractivity contribution in [2.75, 3.05) is 29.1 Å². The lowest BCUT2D eigenvalue weighted by Crippen LogP contribution is -2.22. The molecule has 0 aliphatic carbocycles. The van der Waals surface area contributed by atoms with Gasteiger partial charge in [-0.2, -0.15) is 0 Å². The maximum absolute atomic E-state index is 12.3. The largest absolute Gasteiger partial charge is 0.492 e. The normalized spacial score (nSPS) is 10.2. The first-order chi connectivity index (χ1) is 13.6. The fourth-order valence-electron chi connectivity index (χ4n) is 2.71. The molecule has 0 saturated heterocycles. The van der Waals surface area contributed by atoms with Gasteiger partial charge in [0.1, 0.15) is 5.75 Å². The average Bonchev–Trinajstić information content (AvgIpc) is 2.68. The second-order valence-electron chi connectivity index (χ2n) is 6.42. The summed E-state index contributed by atoms with van der Waals surface area (Å²) in [6, 6.07) is 14.7. The lowest BCUT2D eigenvalue weighted by molar-refractivity contribution is -0.116. The average molecular weight is 383 g/mol. The zero-order valence-corrected chi connectivity index (χ0v) is 16.6. The molecule has 0 atom stereocenters. The van der Waals surface area contributed by atoms with Gasteiger partial charge in [-0.25, -0.2) is 0 Å². The summed E-state index contributed by atoms with van der Waals surface area (Å²) in [4.78, 5) is 24.2. The van der Waals surface area contributed by atoms with Crippen LogP contribution in [-0.4, -0.2) is 25.0 Å². The number of hydrogen-bond acceptors (Lipinski definition) is 4. The molecular formula is C22H29N3O3. The monoisotopic (exact) mass is 383 g/mol. The van der Waals surface area contributed by atoms with Crippen LogP contribution >= 0.6 is 0 Å². The first kappa shape index (κ1) is 21.3. The summed E-state index contributed by atoms with van der Waals surface area (Å²) in [5.74, 6) is 0.523. The third kappa shape index (κ3) is 7.31. The molecule has 0 spiro atoms. The lowest BCUT2D eigenvalue weighted by Gasteiger charge is -2.12. The summed E-state index contributed by atoms with van der Waals surface area (Å²) in [5.41, 5.74) is 2.08. The number of anilines is 3. The van der Waals surface area contributed by atoms with E-state index in [0.717, 1.165) is 24.9 Å². The van der Waals surface area contributed by atoms with E-state index in [2.05, 4.69) is 22.9 Å². The minimum atomic E-state index is -0.183. The molecule has 2 aromatic carbocycles. The van der Waals surface area contributed by atoms with Crippen LogP contribution in [0, 0.1) is 0 Å². The van der Waals surface area contributed by atoms with Gasteiger partial charge in [-0.1, -0.05) is 38.0 Å². The molecule has 0 radical (unpaired) electrons. The molecule has 0 aliphatic rings. The van der Waals surface area contributed by atoms with Gasteiger partial charge in [0.15, 0.2) is 0 Å². The van der Waals surface area contributed by atoms with E-state index in [9.17, 15) is 9.59 Å². The summed E-state index contributed by atoms with van der Waals surface area (Å²) in [6.45, 7) is 4.69. The van der Waals surface area contributed by atoms with E-state index < -0.39 is 0 Å². The Kier molecular flexibility index (Phi) is 8.85. The van der Waals surface area contributed by atoms with Gasteiger partial charge in [0.2, 0.25) is 11.8 Å². The molecular weight excluding hydrogens is 354 g/mol. The number of rotatable bonds is 11. The van der Waals surface area contributed by atoms with Crippen LogP contribution < -0.4 is 20.7 Å². The Labute approximate surface area is 166 Å². The Morgan fingerprint density at radius 2 is 1.61 bits per heavy atom. The number of unbranched alkanes of at least 4 members (excludes halogenated alkanes) is 2. The van der Waals surface area contributed by atoms with E-state index in [4.69, 9.17) is 4.74 Å². The molecule has 150 valence electrons. The van der Waals surface area contributed by atoms with E-state index in [-0.39, 0.29) is 18.4 Å². The van der Waals surface area contributed by atoms with Gasteiger partial charge in [-0.15, -0.1) is 0 Å². The first-order valence-corrected chi connectivity index (χ1v) is 9.77. The number of carbonyl (C=O) groups excluding carboxylic acids is 2. The summed E-state index contributed by atoms with van der Waals surface area (Å²) in [7, 11) is 0. The number of benzene rings is 2. The zero-order valence-electron chi connectivity index (χ0n) is 16.6. The Hall–Kier alpha value is -3.02. The number of ether oxygens (including phenoxy) is 1. The van der Waals surface area contributed by atoms with Crippen LogP contribution in [0.3, 0.4) is 0 Å². The Bertz CT molecular complexity index is 777. The van der Waals surface area contributed by atoms with Crippen LogP contribution in [0.4, 0.5) is 17.1 Å². The number of carbonyl (C=O) groups is 2. The second kappa shape index (κ2) is 11.6. The third-order valence-corrected chi connectivity index (χ3v) is 4.06. The maximum Gasteiger partial charge on any atom is 0.243 e. The topological polar surface area (TPSA) is 79.5 Å². The van der Waals surface area contributed by atoms with E-state index in [1.165, 1.54) is 0 Å². The van der Waals surface area contributed by atoms with Gasteiger partial charge in [0.25, 0.3) is 0 Å². The standard InChI is InChI=1S/C22H29N3O3/c1-3-5-6-14-21(26)24-17-10-9-11-18(15-17)25-22(27)16-23-19-12-7-8-13-20(19)28-4-2/h7-13,15,23H,3-6,14,16H2,1-2H3,(H,24,26)(H,25,27). The van der Waals surface area contributed by atoms with Crippen LogP contribution in [0.5, 0.6) is 5.75 Å². The SMILES string of the molecule is CCCCCC(=O)Nc1cccc(NC(=O)CNc2ccccc2OCC)c1. The van der Waals surface area contributed by atoms with Crippen molar-refractivity contribution in [3.05, 3.63) is 48.5 Å². The number of nitrogens with one attached hydrogen (secondary N) is 3. The highest BCUT2D eigenvalue weighted by Gasteiger charge is 2.07. The quantitative estimate of drug-likeness (QED) is 0.493. The van der Waals surface area contributed by atoms with Crippen LogP contribution in [0.25, 0.3) is 0 Å². The van der Waals surface area contributed by atoms with E-state index in [1.54, 1.807) is 18.2 Å². The van der Waals surface area contributed by atoms with E-state index >= 15 is 0 Å². The number of para-hydroxylation sites is 2. The van der Waals surface area contributed by atoms with Crippen molar-refractivity contribution < 1.29 is 14.3 Å². The van der Waals surface area contributed by atoms with Crippen molar-refractivity contribution in [1.82, 2.24) is 0 Å². The smallest absolute Gasteiger partial charge is 0.243 e. The van der Waals surface area contributed by atoms with Gasteiger partial charge < -0.3 is 20.7 Å². The van der Waals surface area contributed by atoms with Crippen molar-refractivity contribution in [2.24, 2.45) is 0 Å². The van der Waals surface area contributed by atoms with Gasteiger partial charge in [-0.05, 0) is 43.7 Å². The Morgan fingerprint density at radius 1 is 0.893 bits per heavy atom. The minimum absolute atomic E-state index is 0.00822. The van der Waals surface area contributed by atoms with Gasteiger partial charge in [0.05, 0.1) is 18.8 Å². The van der Waals surface area contributed by atoms with Crippen molar-refractivity contribution in [1.29, 1.82) is 0 Å². The Morgan fingerprint density at radius 3 is 2.32 bits per heavy atom. The summed E-state index contributed by atoms with van der Waals surface area (Å²) in [5, 5.41) is 8.79. The van der Waals surface area contributed by atoms with Crippen LogP contribution in [0.2, 0.25) is 0 Å².